The van der Waals surface area contributed by atoms with E-state index >= 15 is 0 Å². The third-order valence-corrected chi connectivity index (χ3v) is 2.95. The van der Waals surface area contributed by atoms with Crippen LogP contribution in [0.25, 0.3) is 0 Å². The highest BCUT2D eigenvalue weighted by atomic mass is 16.7. The Bertz CT molecular complexity index is 412. The Morgan fingerprint density at radius 3 is 2.81 bits per heavy atom. The summed E-state index contributed by atoms with van der Waals surface area (Å²) in [5.74, 6) is 0.125. The number of anilines is 1. The molecule has 0 saturated carbocycles. The second kappa shape index (κ2) is 3.88. The summed E-state index contributed by atoms with van der Waals surface area (Å²) in [6, 6.07) is 7.86. The van der Waals surface area contributed by atoms with Crippen molar-refractivity contribution in [2.24, 2.45) is 0 Å². The summed E-state index contributed by atoms with van der Waals surface area (Å²) in [6.45, 7) is 1.73. The van der Waals surface area contributed by atoms with E-state index in [1.54, 1.807) is 4.90 Å². The average molecular weight is 219 g/mol. The van der Waals surface area contributed by atoms with Crippen molar-refractivity contribution in [3.05, 3.63) is 29.8 Å². The number of nitrogens with zero attached hydrogens (tertiary/aromatic N) is 1. The van der Waals surface area contributed by atoms with Crippen molar-refractivity contribution in [1.82, 2.24) is 0 Å². The fourth-order valence-electron chi connectivity index (χ4n) is 2.18. The minimum Gasteiger partial charge on any atom is -0.348 e. The number of hydrogen-bond acceptors (Lipinski definition) is 3. The molecule has 0 bridgehead atoms. The number of fused-ring (bicyclic) bond motifs is 1. The van der Waals surface area contributed by atoms with Gasteiger partial charge in [0.05, 0.1) is 26.2 Å². The van der Waals surface area contributed by atoms with Crippen LogP contribution >= 0.6 is 0 Å². The summed E-state index contributed by atoms with van der Waals surface area (Å²) in [5.41, 5.74) is 2.08. The molecule has 3 rings (SSSR count). The third-order valence-electron chi connectivity index (χ3n) is 2.95. The van der Waals surface area contributed by atoms with Crippen molar-refractivity contribution in [2.45, 2.75) is 12.7 Å². The molecule has 2 aliphatic heterocycles. The highest BCUT2D eigenvalue weighted by molar-refractivity contribution is 6.01. The molecule has 4 nitrogen and oxygen atoms in total. The zero-order chi connectivity index (χ0) is 11.0. The smallest absolute Gasteiger partial charge is 0.231 e. The number of hydrogen-bond donors (Lipinski definition) is 0. The van der Waals surface area contributed by atoms with Crippen LogP contribution in [0, 0.1) is 0 Å². The van der Waals surface area contributed by atoms with E-state index in [-0.39, 0.29) is 12.2 Å². The zero-order valence-electron chi connectivity index (χ0n) is 8.89. The van der Waals surface area contributed by atoms with Crippen molar-refractivity contribution in [1.29, 1.82) is 0 Å². The van der Waals surface area contributed by atoms with E-state index in [9.17, 15) is 4.79 Å². The molecule has 1 amide bonds. The number of rotatable bonds is 2. The molecule has 0 aliphatic carbocycles. The van der Waals surface area contributed by atoms with E-state index < -0.39 is 0 Å². The van der Waals surface area contributed by atoms with E-state index in [1.807, 2.05) is 24.3 Å². The number of benzene rings is 1. The highest BCUT2D eigenvalue weighted by Gasteiger charge is 2.30. The predicted octanol–water partition coefficient (Wildman–Crippen LogP) is 0.949. The highest BCUT2D eigenvalue weighted by Crippen LogP contribution is 2.29. The maximum atomic E-state index is 11.8. The van der Waals surface area contributed by atoms with Crippen molar-refractivity contribution in [3.8, 4) is 0 Å². The number of carbonyl (C=O) groups is 1. The van der Waals surface area contributed by atoms with Crippen LogP contribution in [-0.2, 0) is 20.7 Å². The summed E-state index contributed by atoms with van der Waals surface area (Å²) in [4.78, 5) is 13.6. The Morgan fingerprint density at radius 2 is 2.00 bits per heavy atom. The topological polar surface area (TPSA) is 38.8 Å². The van der Waals surface area contributed by atoms with Crippen LogP contribution in [0.15, 0.2) is 24.3 Å². The molecule has 0 unspecified atom stereocenters. The quantitative estimate of drug-likeness (QED) is 0.743. The Hall–Kier alpha value is -1.39. The monoisotopic (exact) mass is 219 g/mol. The van der Waals surface area contributed by atoms with Crippen molar-refractivity contribution in [2.75, 3.05) is 24.7 Å². The van der Waals surface area contributed by atoms with Crippen LogP contribution in [0.5, 0.6) is 0 Å². The normalized spacial score (nSPS) is 20.5. The third kappa shape index (κ3) is 1.60. The molecule has 0 N–H and O–H groups in total. The lowest BCUT2D eigenvalue weighted by atomic mass is 10.2. The first-order valence-corrected chi connectivity index (χ1v) is 5.46. The van der Waals surface area contributed by atoms with Gasteiger partial charge in [0.25, 0.3) is 0 Å². The maximum Gasteiger partial charge on any atom is 0.231 e. The van der Waals surface area contributed by atoms with Gasteiger partial charge in [0.1, 0.15) is 0 Å². The van der Waals surface area contributed by atoms with Crippen molar-refractivity contribution in [3.63, 3.8) is 0 Å². The molecule has 0 atom stereocenters. The van der Waals surface area contributed by atoms with E-state index in [0.29, 0.717) is 26.2 Å². The van der Waals surface area contributed by atoms with Crippen LogP contribution in [0.4, 0.5) is 5.69 Å². The van der Waals surface area contributed by atoms with Crippen LogP contribution in [0.2, 0.25) is 0 Å². The number of para-hydroxylation sites is 1. The fraction of sp³-hybridized carbons (Fsp3) is 0.417. The standard InChI is InChI=1S/C12H13NO3/c14-11-7-9-3-1-2-4-10(9)13(11)8-12-15-5-6-16-12/h1-4,12H,5-8H2. The molecule has 2 aliphatic rings. The molecule has 16 heavy (non-hydrogen) atoms. The van der Waals surface area contributed by atoms with E-state index in [0.717, 1.165) is 11.3 Å². The molecule has 1 aromatic carbocycles. The molecule has 4 heteroatoms. The first kappa shape index (κ1) is 9.81. The number of ether oxygens (including phenoxy) is 2. The molecule has 0 radical (unpaired) electrons. The molecule has 2 heterocycles. The fourth-order valence-corrected chi connectivity index (χ4v) is 2.18. The van der Waals surface area contributed by atoms with Gasteiger partial charge in [-0.1, -0.05) is 18.2 Å². The van der Waals surface area contributed by atoms with Gasteiger partial charge in [0.15, 0.2) is 6.29 Å². The van der Waals surface area contributed by atoms with Gasteiger partial charge in [-0.05, 0) is 11.6 Å². The summed E-state index contributed by atoms with van der Waals surface area (Å²) < 4.78 is 10.7. The molecule has 1 aromatic rings. The Kier molecular flexibility index (Phi) is 2.38. The van der Waals surface area contributed by atoms with Gasteiger partial charge in [0, 0.05) is 5.69 Å². The molecular weight excluding hydrogens is 206 g/mol. The van der Waals surface area contributed by atoms with Crippen LogP contribution in [-0.4, -0.2) is 32.0 Å². The lowest BCUT2D eigenvalue weighted by Gasteiger charge is -2.20. The SMILES string of the molecule is O=C1Cc2ccccc2N1CC1OCCO1. The van der Waals surface area contributed by atoms with Gasteiger partial charge >= 0.3 is 0 Å². The average Bonchev–Trinajstić information content (AvgIpc) is 2.89. The van der Waals surface area contributed by atoms with Gasteiger partial charge < -0.3 is 14.4 Å². The molecule has 0 aromatic heterocycles. The second-order valence-electron chi connectivity index (χ2n) is 3.98. The summed E-state index contributed by atoms with van der Waals surface area (Å²) in [6.07, 6.45) is 0.221. The summed E-state index contributed by atoms with van der Waals surface area (Å²) >= 11 is 0. The molecule has 1 saturated heterocycles. The first-order valence-electron chi connectivity index (χ1n) is 5.46. The summed E-state index contributed by atoms with van der Waals surface area (Å²) in [5, 5.41) is 0. The molecule has 1 fully saturated rings. The van der Waals surface area contributed by atoms with Gasteiger partial charge in [-0.25, -0.2) is 0 Å². The molecular formula is C12H13NO3. The first-order chi connectivity index (χ1) is 7.84. The van der Waals surface area contributed by atoms with E-state index in [2.05, 4.69) is 0 Å². The minimum atomic E-state index is -0.268. The van der Waals surface area contributed by atoms with Crippen molar-refractivity contribution < 1.29 is 14.3 Å². The zero-order valence-corrected chi connectivity index (χ0v) is 8.89. The van der Waals surface area contributed by atoms with Crippen LogP contribution < -0.4 is 4.90 Å². The van der Waals surface area contributed by atoms with Crippen molar-refractivity contribution >= 4 is 11.6 Å². The van der Waals surface area contributed by atoms with E-state index in [1.165, 1.54) is 0 Å². The summed E-state index contributed by atoms with van der Waals surface area (Å²) in [7, 11) is 0. The van der Waals surface area contributed by atoms with Crippen LogP contribution in [0.3, 0.4) is 0 Å². The number of amides is 1. The maximum absolute atomic E-state index is 11.8. The minimum absolute atomic E-state index is 0.125. The molecule has 0 spiro atoms. The van der Waals surface area contributed by atoms with Gasteiger partial charge in [-0.2, -0.15) is 0 Å². The Balaban J connectivity index is 1.81. The van der Waals surface area contributed by atoms with Gasteiger partial charge in [-0.3, -0.25) is 4.79 Å². The van der Waals surface area contributed by atoms with Gasteiger partial charge in [-0.15, -0.1) is 0 Å². The Morgan fingerprint density at radius 1 is 1.25 bits per heavy atom. The lowest BCUT2D eigenvalue weighted by molar-refractivity contribution is -0.118. The molecule has 84 valence electrons. The Labute approximate surface area is 93.8 Å². The largest absolute Gasteiger partial charge is 0.348 e. The second-order valence-corrected chi connectivity index (χ2v) is 3.98. The predicted molar refractivity (Wildman–Crippen MR) is 58.2 cm³/mol. The lowest BCUT2D eigenvalue weighted by Crippen LogP contribution is -2.35. The van der Waals surface area contributed by atoms with Gasteiger partial charge in [0.2, 0.25) is 5.91 Å². The van der Waals surface area contributed by atoms with E-state index in [4.69, 9.17) is 9.47 Å². The number of carbonyl (C=O) groups excluding carboxylic acids is 1. The van der Waals surface area contributed by atoms with Crippen LogP contribution in [0.1, 0.15) is 5.56 Å².